The zero-order chi connectivity index (χ0) is 15.1. The molecule has 1 aromatic rings. The number of amides is 1. The van der Waals surface area contributed by atoms with Crippen molar-refractivity contribution in [2.45, 2.75) is 38.1 Å². The average Bonchev–Trinajstić information content (AvgIpc) is 2.99. The van der Waals surface area contributed by atoms with Gasteiger partial charge in [-0.05, 0) is 37.1 Å². The summed E-state index contributed by atoms with van der Waals surface area (Å²) in [4.78, 5) is 24.0. The van der Waals surface area contributed by atoms with Crippen LogP contribution in [0.25, 0.3) is 0 Å². The van der Waals surface area contributed by atoms with Crippen molar-refractivity contribution < 1.29 is 14.7 Å². The molecule has 0 aliphatic heterocycles. The molecule has 3 N–H and O–H groups in total. The van der Waals surface area contributed by atoms with E-state index in [1.54, 1.807) is 11.3 Å². The second-order valence-electron chi connectivity index (χ2n) is 5.46. The lowest BCUT2D eigenvalue weighted by atomic mass is 9.86. The monoisotopic (exact) mass is 310 g/mol. The first-order valence-electron chi connectivity index (χ1n) is 7.40. The van der Waals surface area contributed by atoms with Crippen molar-refractivity contribution in [2.75, 3.05) is 13.1 Å². The van der Waals surface area contributed by atoms with Gasteiger partial charge in [-0.15, -0.1) is 11.3 Å². The Morgan fingerprint density at radius 2 is 2.24 bits per heavy atom. The Morgan fingerprint density at radius 3 is 2.95 bits per heavy atom. The van der Waals surface area contributed by atoms with Crippen molar-refractivity contribution in [1.82, 2.24) is 10.6 Å². The van der Waals surface area contributed by atoms with Crippen LogP contribution in [0, 0.1) is 5.92 Å². The minimum absolute atomic E-state index is 0.0241. The van der Waals surface area contributed by atoms with Crippen LogP contribution in [-0.4, -0.2) is 36.1 Å². The molecule has 2 atom stereocenters. The molecule has 1 saturated carbocycles. The van der Waals surface area contributed by atoms with E-state index in [-0.39, 0.29) is 24.4 Å². The topological polar surface area (TPSA) is 78.4 Å². The summed E-state index contributed by atoms with van der Waals surface area (Å²) in [6.45, 7) is 0.908. The van der Waals surface area contributed by atoms with Gasteiger partial charge >= 0.3 is 5.97 Å². The maximum Gasteiger partial charge on any atom is 0.306 e. The molecule has 1 aromatic heterocycles. The third kappa shape index (κ3) is 5.47. The highest BCUT2D eigenvalue weighted by atomic mass is 32.1. The Hall–Kier alpha value is -1.40. The number of aliphatic carboxylic acids is 1. The van der Waals surface area contributed by atoms with Crippen molar-refractivity contribution in [3.8, 4) is 0 Å². The van der Waals surface area contributed by atoms with Gasteiger partial charge in [0.15, 0.2) is 0 Å². The van der Waals surface area contributed by atoms with Gasteiger partial charge in [0.05, 0.1) is 12.5 Å². The van der Waals surface area contributed by atoms with Crippen LogP contribution in [0.2, 0.25) is 0 Å². The zero-order valence-electron chi connectivity index (χ0n) is 12.0. The standard InChI is InChI=1S/C15H22N2O3S/c18-14(16-7-6-13-5-2-8-21-13)10-17-12-4-1-3-11(9-12)15(19)20/h2,5,8,11-12,17H,1,3-4,6-7,9-10H2,(H,16,18)(H,19,20). The number of rotatable bonds is 7. The van der Waals surface area contributed by atoms with Crippen LogP contribution < -0.4 is 10.6 Å². The minimum atomic E-state index is -0.720. The predicted octanol–water partition coefficient (Wildman–Crippen LogP) is 1.64. The summed E-state index contributed by atoms with van der Waals surface area (Å²) in [6.07, 6.45) is 4.09. The number of hydrogen-bond donors (Lipinski definition) is 3. The smallest absolute Gasteiger partial charge is 0.306 e. The molecule has 1 aliphatic carbocycles. The van der Waals surface area contributed by atoms with Gasteiger partial charge in [0, 0.05) is 17.5 Å². The second kappa shape index (κ2) is 8.14. The lowest BCUT2D eigenvalue weighted by molar-refractivity contribution is -0.143. The Labute approximate surface area is 128 Å². The van der Waals surface area contributed by atoms with E-state index in [4.69, 9.17) is 5.11 Å². The number of hydrogen-bond acceptors (Lipinski definition) is 4. The van der Waals surface area contributed by atoms with E-state index in [0.29, 0.717) is 13.0 Å². The van der Waals surface area contributed by atoms with E-state index in [9.17, 15) is 9.59 Å². The number of carbonyl (C=O) groups excluding carboxylic acids is 1. The molecule has 6 heteroatoms. The van der Waals surface area contributed by atoms with Gasteiger partial charge in [-0.2, -0.15) is 0 Å². The largest absolute Gasteiger partial charge is 0.481 e. The molecular formula is C15H22N2O3S. The summed E-state index contributed by atoms with van der Waals surface area (Å²) in [7, 11) is 0. The fourth-order valence-electron chi connectivity index (χ4n) is 2.68. The fourth-order valence-corrected chi connectivity index (χ4v) is 3.39. The number of nitrogens with one attached hydrogen (secondary N) is 2. The van der Waals surface area contributed by atoms with E-state index in [0.717, 1.165) is 25.7 Å². The Bertz CT molecular complexity index is 461. The van der Waals surface area contributed by atoms with E-state index in [2.05, 4.69) is 16.7 Å². The molecule has 0 spiro atoms. The molecule has 0 saturated heterocycles. The lowest BCUT2D eigenvalue weighted by Crippen LogP contribution is -2.42. The van der Waals surface area contributed by atoms with Crippen molar-refractivity contribution in [3.63, 3.8) is 0 Å². The van der Waals surface area contributed by atoms with E-state index in [1.165, 1.54) is 4.88 Å². The summed E-state index contributed by atoms with van der Waals surface area (Å²) in [6, 6.07) is 4.21. The zero-order valence-corrected chi connectivity index (χ0v) is 12.8. The van der Waals surface area contributed by atoms with Crippen LogP contribution >= 0.6 is 11.3 Å². The van der Waals surface area contributed by atoms with Crippen LogP contribution in [-0.2, 0) is 16.0 Å². The molecule has 5 nitrogen and oxygen atoms in total. The van der Waals surface area contributed by atoms with Crippen molar-refractivity contribution in [3.05, 3.63) is 22.4 Å². The highest BCUT2D eigenvalue weighted by Crippen LogP contribution is 2.24. The van der Waals surface area contributed by atoms with Gasteiger partial charge in [-0.25, -0.2) is 0 Å². The first-order chi connectivity index (χ1) is 10.1. The number of carboxylic acid groups (broad SMARTS) is 1. The van der Waals surface area contributed by atoms with E-state index < -0.39 is 5.97 Å². The number of thiophene rings is 1. The molecule has 21 heavy (non-hydrogen) atoms. The summed E-state index contributed by atoms with van der Waals surface area (Å²) < 4.78 is 0. The maximum atomic E-state index is 11.7. The second-order valence-corrected chi connectivity index (χ2v) is 6.49. The molecule has 116 valence electrons. The Kier molecular flexibility index (Phi) is 6.20. The van der Waals surface area contributed by atoms with Crippen LogP contribution in [0.5, 0.6) is 0 Å². The number of carboxylic acids is 1. The summed E-state index contributed by atoms with van der Waals surface area (Å²) in [5.74, 6) is -1.01. The maximum absolute atomic E-state index is 11.7. The molecule has 2 unspecified atom stereocenters. The van der Waals surface area contributed by atoms with E-state index >= 15 is 0 Å². The molecule has 2 rings (SSSR count). The Morgan fingerprint density at radius 1 is 1.38 bits per heavy atom. The van der Waals surface area contributed by atoms with Gasteiger partial charge in [-0.3, -0.25) is 9.59 Å². The summed E-state index contributed by atoms with van der Waals surface area (Å²) >= 11 is 1.69. The van der Waals surface area contributed by atoms with Crippen molar-refractivity contribution >= 4 is 23.2 Å². The van der Waals surface area contributed by atoms with Crippen LogP contribution in [0.4, 0.5) is 0 Å². The first kappa shape index (κ1) is 16.0. The van der Waals surface area contributed by atoms with Gasteiger partial charge in [0.1, 0.15) is 0 Å². The summed E-state index contributed by atoms with van der Waals surface area (Å²) in [5, 5.41) is 17.1. The van der Waals surface area contributed by atoms with Gasteiger partial charge < -0.3 is 15.7 Å². The van der Waals surface area contributed by atoms with Gasteiger partial charge in [0.2, 0.25) is 5.91 Å². The van der Waals surface area contributed by atoms with Crippen molar-refractivity contribution in [1.29, 1.82) is 0 Å². The highest BCUT2D eigenvalue weighted by molar-refractivity contribution is 7.09. The molecule has 1 aliphatic rings. The van der Waals surface area contributed by atoms with Crippen LogP contribution in [0.1, 0.15) is 30.6 Å². The fraction of sp³-hybridized carbons (Fsp3) is 0.600. The van der Waals surface area contributed by atoms with Crippen molar-refractivity contribution in [2.24, 2.45) is 5.92 Å². The third-order valence-electron chi connectivity index (χ3n) is 3.85. The van der Waals surface area contributed by atoms with E-state index in [1.807, 2.05) is 11.4 Å². The predicted molar refractivity (Wildman–Crippen MR) is 82.4 cm³/mol. The molecule has 0 aromatic carbocycles. The normalized spacial score (nSPS) is 21.9. The highest BCUT2D eigenvalue weighted by Gasteiger charge is 2.26. The lowest BCUT2D eigenvalue weighted by Gasteiger charge is -2.27. The SMILES string of the molecule is O=C(CNC1CCCC(C(=O)O)C1)NCCc1cccs1. The average molecular weight is 310 g/mol. The number of carbonyl (C=O) groups is 2. The van der Waals surface area contributed by atoms with Gasteiger partial charge in [0.25, 0.3) is 0 Å². The molecule has 0 radical (unpaired) electrons. The molecular weight excluding hydrogens is 288 g/mol. The Balaban J connectivity index is 1.61. The molecule has 1 fully saturated rings. The quantitative estimate of drug-likeness (QED) is 0.715. The first-order valence-corrected chi connectivity index (χ1v) is 8.28. The molecule has 1 amide bonds. The third-order valence-corrected chi connectivity index (χ3v) is 4.78. The van der Waals surface area contributed by atoms with Crippen LogP contribution in [0.3, 0.4) is 0 Å². The molecule has 1 heterocycles. The minimum Gasteiger partial charge on any atom is -0.481 e. The van der Waals surface area contributed by atoms with Gasteiger partial charge in [-0.1, -0.05) is 12.5 Å². The molecule has 0 bridgehead atoms. The van der Waals surface area contributed by atoms with Crippen LogP contribution in [0.15, 0.2) is 17.5 Å². The summed E-state index contributed by atoms with van der Waals surface area (Å²) in [5.41, 5.74) is 0.